The van der Waals surface area contributed by atoms with E-state index >= 15 is 0 Å². The molecule has 4 heteroatoms. The van der Waals surface area contributed by atoms with Gasteiger partial charge in [-0.2, -0.15) is 0 Å². The van der Waals surface area contributed by atoms with Gasteiger partial charge in [-0.15, -0.1) is 0 Å². The van der Waals surface area contributed by atoms with Crippen molar-refractivity contribution in [3.8, 4) is 33.4 Å². The summed E-state index contributed by atoms with van der Waals surface area (Å²) in [5, 5.41) is 17.0. The number of hydrogen-bond acceptors (Lipinski definition) is 3. The molecule has 0 saturated carbocycles. The molecule has 4 nitrogen and oxygen atoms in total. The van der Waals surface area contributed by atoms with Crippen LogP contribution in [0.2, 0.25) is 0 Å². The Kier molecular flexibility index (Phi) is 10.8. The highest BCUT2D eigenvalue weighted by Crippen LogP contribution is 2.57. The molecule has 0 radical (unpaired) electrons. The molecule has 3 aliphatic carbocycles. The summed E-state index contributed by atoms with van der Waals surface area (Å²) in [5.41, 5.74) is 29.8. The molecular weight excluding hydrogens is 1200 g/mol. The van der Waals surface area contributed by atoms with Gasteiger partial charge in [-0.3, -0.25) is 0 Å². The fraction of sp³-hybridized carbons (Fsp3) is 0.116. The summed E-state index contributed by atoms with van der Waals surface area (Å²) in [6.45, 7) is 14.4. The van der Waals surface area contributed by atoms with E-state index in [2.05, 4.69) is 324 Å². The molecule has 0 aliphatic heterocycles. The Bertz CT molecular complexity index is 6820. The Hall–Kier alpha value is -11.7. The molecule has 0 N–H and O–H groups in total. The lowest BCUT2D eigenvalue weighted by molar-refractivity contribution is 0.652. The van der Waals surface area contributed by atoms with E-state index in [0.717, 1.165) is 56.6 Å². The Balaban J connectivity index is 0.703. The van der Waals surface area contributed by atoms with Crippen LogP contribution >= 0.6 is 0 Å². The zero-order valence-electron chi connectivity index (χ0n) is 56.0. The zero-order chi connectivity index (χ0) is 65.7. The van der Waals surface area contributed by atoms with Crippen molar-refractivity contribution in [1.82, 2.24) is 4.40 Å². The molecule has 19 aromatic rings. The van der Waals surface area contributed by atoms with Gasteiger partial charge in [0.1, 0.15) is 16.7 Å². The predicted octanol–water partition coefficient (Wildman–Crippen LogP) is 25.9. The molecule has 1 unspecified atom stereocenters. The topological polar surface area (TPSA) is 33.9 Å². The van der Waals surface area contributed by atoms with E-state index in [1.165, 1.54) is 165 Å². The van der Waals surface area contributed by atoms with E-state index < -0.39 is 0 Å². The molecule has 0 spiro atoms. The van der Waals surface area contributed by atoms with Gasteiger partial charge in [-0.25, -0.2) is 0 Å². The highest BCUT2D eigenvalue weighted by molar-refractivity contribution is 6.30. The SMILES string of the molecule is CC1(C)c2ccccc2-c2cc(C(Cc3cccc4c3oc3ccc5ccccc5c34)c3ccc4c(c3)C(C)(C)c3cc5c(ccc6c5c5cccc7c8ccc(N(c9ccc%10c(c9)-c9ccccc9C%10(C)C)c9cccc%10c9oc9ccc%11ccccc%11c9%10)cc8n6c75)cc3-4)ccc21. The standard InChI is InChI=1S/C95H66N2O2/c1-93(2)76-29-13-11-23-63(76)73-46-55(33-41-78(73)93)71(48-58-20-15-27-69-88-61-21-9-7-18-53(61)35-44-85(88)98-91(58)69)57-32-39-65-74-47-56-34-43-82-87(72(56)52-81(74)95(5,6)80(65)49-57)68-26-16-25-67-66-40-37-60(51-84(66)97(82)90(67)68)96(59-38-42-79-75(50-59)64-24-12-14-30-77(64)94(79,3)4)83-31-17-28-70-89-62-22-10-8-19-54(62)36-45-86(89)99-92(70)83/h7-47,49-52,71H,48H2,1-6H3. The number of nitrogens with zero attached hydrogens (tertiary/aromatic N) is 2. The first-order valence-electron chi connectivity index (χ1n) is 35.1. The monoisotopic (exact) mass is 1270 g/mol. The number of fused-ring (bicyclic) bond motifs is 27. The minimum Gasteiger partial charge on any atom is -0.456 e. The first kappa shape index (κ1) is 55.4. The van der Waals surface area contributed by atoms with Crippen molar-refractivity contribution in [3.63, 3.8) is 0 Å². The number of rotatable bonds is 7. The number of anilines is 3. The summed E-state index contributed by atoms with van der Waals surface area (Å²) in [7, 11) is 0. The van der Waals surface area contributed by atoms with Crippen molar-refractivity contribution in [3.05, 3.63) is 323 Å². The van der Waals surface area contributed by atoms with Crippen molar-refractivity contribution in [2.24, 2.45) is 0 Å². The molecule has 0 fully saturated rings. The minimum absolute atomic E-state index is 0.0320. The summed E-state index contributed by atoms with van der Waals surface area (Å²) in [5.74, 6) is 0.0320. The zero-order valence-corrected chi connectivity index (χ0v) is 56.0. The van der Waals surface area contributed by atoms with Crippen LogP contribution in [0.4, 0.5) is 17.1 Å². The fourth-order valence-corrected chi connectivity index (χ4v) is 19.3. The molecule has 1 atom stereocenters. The Morgan fingerprint density at radius 1 is 0.323 bits per heavy atom. The van der Waals surface area contributed by atoms with Crippen LogP contribution in [0.25, 0.3) is 148 Å². The van der Waals surface area contributed by atoms with Gasteiger partial charge in [0, 0.05) is 76.6 Å². The van der Waals surface area contributed by atoms with Crippen LogP contribution in [0, 0.1) is 0 Å². The highest BCUT2D eigenvalue weighted by Gasteiger charge is 2.40. The van der Waals surface area contributed by atoms with Crippen LogP contribution < -0.4 is 4.90 Å². The van der Waals surface area contributed by atoms with E-state index in [9.17, 15) is 0 Å². The smallest absolute Gasteiger partial charge is 0.159 e. The van der Waals surface area contributed by atoms with Crippen molar-refractivity contribution >= 4 is 131 Å². The van der Waals surface area contributed by atoms with E-state index in [4.69, 9.17) is 8.83 Å². The maximum atomic E-state index is 7.11. The summed E-state index contributed by atoms with van der Waals surface area (Å²) >= 11 is 0. The van der Waals surface area contributed by atoms with Crippen molar-refractivity contribution in [2.75, 3.05) is 4.90 Å². The van der Waals surface area contributed by atoms with Gasteiger partial charge in [0.15, 0.2) is 5.58 Å². The molecule has 22 rings (SSSR count). The fourth-order valence-electron chi connectivity index (χ4n) is 19.3. The summed E-state index contributed by atoms with van der Waals surface area (Å²) in [6, 6.07) is 103. The second-order valence-electron chi connectivity index (χ2n) is 30.2. The molecule has 0 amide bonds. The molecular formula is C95H66N2O2. The predicted molar refractivity (Wildman–Crippen MR) is 414 cm³/mol. The second kappa shape index (κ2) is 19.3. The third-order valence-electron chi connectivity index (χ3n) is 24.1. The van der Waals surface area contributed by atoms with Crippen molar-refractivity contribution in [2.45, 2.75) is 70.1 Å². The van der Waals surface area contributed by atoms with E-state index in [1.807, 2.05) is 0 Å². The van der Waals surface area contributed by atoms with Crippen LogP contribution in [0.5, 0.6) is 0 Å². The molecule has 468 valence electrons. The first-order chi connectivity index (χ1) is 48.3. The van der Waals surface area contributed by atoms with Gasteiger partial charge in [-0.1, -0.05) is 254 Å². The average Bonchev–Trinajstić information content (AvgIpc) is 1.53. The Morgan fingerprint density at radius 2 is 0.848 bits per heavy atom. The van der Waals surface area contributed by atoms with Crippen LogP contribution in [0.1, 0.15) is 97.5 Å². The number of hydrogen-bond donors (Lipinski definition) is 0. The lowest BCUT2D eigenvalue weighted by Crippen LogP contribution is -2.16. The van der Waals surface area contributed by atoms with Crippen LogP contribution in [0.3, 0.4) is 0 Å². The third kappa shape index (κ3) is 7.32. The Morgan fingerprint density at radius 3 is 1.60 bits per heavy atom. The van der Waals surface area contributed by atoms with Gasteiger partial charge < -0.3 is 18.1 Å². The molecule has 3 aliphatic rings. The van der Waals surface area contributed by atoms with Gasteiger partial charge in [-0.05, 0) is 183 Å². The van der Waals surface area contributed by atoms with Gasteiger partial charge in [0.2, 0.25) is 0 Å². The van der Waals surface area contributed by atoms with Gasteiger partial charge >= 0.3 is 0 Å². The van der Waals surface area contributed by atoms with E-state index in [0.29, 0.717) is 0 Å². The number of para-hydroxylation sites is 3. The summed E-state index contributed by atoms with van der Waals surface area (Å²) in [6.07, 6.45) is 0.776. The molecule has 0 saturated heterocycles. The largest absolute Gasteiger partial charge is 0.456 e. The third-order valence-corrected chi connectivity index (χ3v) is 24.1. The lowest BCUT2D eigenvalue weighted by Gasteiger charge is -2.27. The summed E-state index contributed by atoms with van der Waals surface area (Å²) < 4.78 is 16.7. The van der Waals surface area contributed by atoms with Crippen LogP contribution in [-0.2, 0) is 22.7 Å². The first-order valence-corrected chi connectivity index (χ1v) is 35.1. The number of aromatic nitrogens is 1. The maximum Gasteiger partial charge on any atom is 0.159 e. The normalized spacial score (nSPS) is 15.0. The summed E-state index contributed by atoms with van der Waals surface area (Å²) in [4.78, 5) is 2.45. The molecule has 15 aromatic carbocycles. The van der Waals surface area contributed by atoms with Crippen molar-refractivity contribution in [1.29, 1.82) is 0 Å². The molecule has 0 bridgehead atoms. The second-order valence-corrected chi connectivity index (χ2v) is 30.2. The van der Waals surface area contributed by atoms with Crippen LogP contribution in [-0.4, -0.2) is 4.40 Å². The molecule has 99 heavy (non-hydrogen) atoms. The van der Waals surface area contributed by atoms with Gasteiger partial charge in [0.25, 0.3) is 0 Å². The Labute approximate surface area is 572 Å². The molecule has 4 heterocycles. The number of furan rings is 2. The van der Waals surface area contributed by atoms with E-state index in [-0.39, 0.29) is 22.2 Å². The van der Waals surface area contributed by atoms with Crippen LogP contribution in [0.15, 0.2) is 282 Å². The average molecular weight is 1270 g/mol. The minimum atomic E-state index is -0.307. The van der Waals surface area contributed by atoms with Gasteiger partial charge in [0.05, 0.1) is 22.2 Å². The van der Waals surface area contributed by atoms with E-state index in [1.54, 1.807) is 0 Å². The number of benzene rings is 15. The van der Waals surface area contributed by atoms with Crippen molar-refractivity contribution < 1.29 is 8.83 Å². The maximum absolute atomic E-state index is 7.11. The molecule has 4 aromatic heterocycles. The quantitative estimate of drug-likeness (QED) is 0.159. The lowest BCUT2D eigenvalue weighted by atomic mass is 9.78. The highest BCUT2D eigenvalue weighted by atomic mass is 16.3.